The third kappa shape index (κ3) is 6.01. The molecule has 0 radical (unpaired) electrons. The Morgan fingerprint density at radius 1 is 0.865 bits per heavy atom. The molecule has 0 aliphatic carbocycles. The van der Waals surface area contributed by atoms with Gasteiger partial charge in [0.1, 0.15) is 11.4 Å². The SMILES string of the molecule is COc1ccccc1NS(=O)(=O)c1ccc(N/N=C(\C)c2cc(OC)c(OC)c(OC)c2)c([N+](=O)[O-])c1. The van der Waals surface area contributed by atoms with Crippen LogP contribution in [0.1, 0.15) is 12.5 Å². The molecule has 0 aromatic heterocycles. The Hall–Kier alpha value is -4.52. The highest BCUT2D eigenvalue weighted by Crippen LogP contribution is 2.38. The van der Waals surface area contributed by atoms with Crippen LogP contribution in [0, 0.1) is 10.1 Å². The maximum atomic E-state index is 12.9. The first-order valence-electron chi connectivity index (χ1n) is 10.7. The number of hydrazone groups is 1. The van der Waals surface area contributed by atoms with Gasteiger partial charge in [-0.05, 0) is 43.3 Å². The van der Waals surface area contributed by atoms with Crippen LogP contribution in [-0.2, 0) is 10.0 Å². The first kappa shape index (κ1) is 27.1. The lowest BCUT2D eigenvalue weighted by Gasteiger charge is -2.14. The van der Waals surface area contributed by atoms with E-state index >= 15 is 0 Å². The molecular formula is C24H26N4O8S. The first-order chi connectivity index (χ1) is 17.6. The molecule has 0 heterocycles. The fourth-order valence-electron chi connectivity index (χ4n) is 3.36. The van der Waals surface area contributed by atoms with Crippen molar-refractivity contribution in [1.82, 2.24) is 0 Å². The maximum Gasteiger partial charge on any atom is 0.295 e. The fourth-order valence-corrected chi connectivity index (χ4v) is 4.45. The highest BCUT2D eigenvalue weighted by molar-refractivity contribution is 7.92. The summed E-state index contributed by atoms with van der Waals surface area (Å²) in [6.07, 6.45) is 0. The van der Waals surface area contributed by atoms with E-state index in [0.717, 1.165) is 6.07 Å². The molecule has 3 aromatic carbocycles. The number of anilines is 2. The normalized spacial score (nSPS) is 11.4. The van der Waals surface area contributed by atoms with Crippen LogP contribution in [0.5, 0.6) is 23.0 Å². The first-order valence-corrected chi connectivity index (χ1v) is 12.2. The Bertz CT molecular complexity index is 1420. The van der Waals surface area contributed by atoms with Crippen LogP contribution in [0.3, 0.4) is 0 Å². The summed E-state index contributed by atoms with van der Waals surface area (Å²) in [6.45, 7) is 1.68. The number of nitro benzene ring substituents is 1. The molecule has 0 fully saturated rings. The molecule has 0 saturated heterocycles. The molecular weight excluding hydrogens is 504 g/mol. The lowest BCUT2D eigenvalue weighted by atomic mass is 10.1. The summed E-state index contributed by atoms with van der Waals surface area (Å²) in [5, 5.41) is 16.0. The minimum Gasteiger partial charge on any atom is -0.495 e. The molecule has 0 saturated carbocycles. The lowest BCUT2D eigenvalue weighted by molar-refractivity contribution is -0.384. The van der Waals surface area contributed by atoms with Crippen molar-refractivity contribution in [2.75, 3.05) is 38.6 Å². The zero-order valence-electron chi connectivity index (χ0n) is 20.8. The molecule has 0 amide bonds. The molecule has 0 aliphatic rings. The van der Waals surface area contributed by atoms with Crippen molar-refractivity contribution in [2.45, 2.75) is 11.8 Å². The van der Waals surface area contributed by atoms with Gasteiger partial charge in [0.2, 0.25) is 5.75 Å². The number of nitrogens with zero attached hydrogens (tertiary/aromatic N) is 2. The molecule has 0 bridgehead atoms. The van der Waals surface area contributed by atoms with Crippen LogP contribution in [0.2, 0.25) is 0 Å². The molecule has 37 heavy (non-hydrogen) atoms. The van der Waals surface area contributed by atoms with Gasteiger partial charge in [0.15, 0.2) is 11.5 Å². The standard InChI is InChI=1S/C24H26N4O8S/c1-15(16-12-22(34-3)24(36-5)23(13-16)35-4)25-26-18-11-10-17(14-20(18)28(29)30)37(31,32)27-19-8-6-7-9-21(19)33-2/h6-14,26-27H,1-5H3/b25-15+. The molecule has 3 rings (SSSR count). The van der Waals surface area contributed by atoms with E-state index in [1.165, 1.54) is 46.6 Å². The zero-order chi connectivity index (χ0) is 27.2. The molecule has 0 aliphatic heterocycles. The molecule has 12 nitrogen and oxygen atoms in total. The summed E-state index contributed by atoms with van der Waals surface area (Å²) in [5.74, 6) is 1.53. The van der Waals surface area contributed by atoms with Crippen LogP contribution >= 0.6 is 0 Å². The molecule has 2 N–H and O–H groups in total. The monoisotopic (exact) mass is 530 g/mol. The van der Waals surface area contributed by atoms with E-state index in [1.54, 1.807) is 37.3 Å². The summed E-state index contributed by atoms with van der Waals surface area (Å²) in [6, 6.07) is 13.2. The predicted octanol–water partition coefficient (Wildman–Crippen LogP) is 4.27. The summed E-state index contributed by atoms with van der Waals surface area (Å²) in [7, 11) is 1.69. The molecule has 0 unspecified atom stereocenters. The number of hydrogen-bond donors (Lipinski definition) is 2. The van der Waals surface area contributed by atoms with Crippen molar-refractivity contribution in [1.29, 1.82) is 0 Å². The Morgan fingerprint density at radius 3 is 2.05 bits per heavy atom. The number of benzene rings is 3. The van der Waals surface area contributed by atoms with Gasteiger partial charge in [-0.2, -0.15) is 5.10 Å². The van der Waals surface area contributed by atoms with E-state index in [0.29, 0.717) is 34.3 Å². The van der Waals surface area contributed by atoms with Crippen LogP contribution < -0.4 is 29.1 Å². The van der Waals surface area contributed by atoms with Gasteiger partial charge < -0.3 is 18.9 Å². The van der Waals surface area contributed by atoms with Crippen molar-refractivity contribution in [2.24, 2.45) is 5.10 Å². The second-order valence-electron chi connectivity index (χ2n) is 7.46. The van der Waals surface area contributed by atoms with Crippen molar-refractivity contribution >= 4 is 32.8 Å². The smallest absolute Gasteiger partial charge is 0.295 e. The molecule has 0 spiro atoms. The summed E-state index contributed by atoms with van der Waals surface area (Å²) < 4.78 is 49.4. The Morgan fingerprint density at radius 2 is 1.49 bits per heavy atom. The number of hydrogen-bond acceptors (Lipinski definition) is 10. The van der Waals surface area contributed by atoms with Crippen LogP contribution in [0.25, 0.3) is 0 Å². The number of nitro groups is 1. The fraction of sp³-hybridized carbons (Fsp3) is 0.208. The summed E-state index contributed by atoms with van der Waals surface area (Å²) in [5.41, 5.74) is 3.40. The van der Waals surface area contributed by atoms with E-state index in [2.05, 4.69) is 15.2 Å². The Balaban J connectivity index is 1.93. The van der Waals surface area contributed by atoms with Crippen molar-refractivity contribution < 1.29 is 32.3 Å². The van der Waals surface area contributed by atoms with Crippen LogP contribution in [0.4, 0.5) is 17.1 Å². The largest absolute Gasteiger partial charge is 0.495 e. The van der Waals surface area contributed by atoms with Gasteiger partial charge >= 0.3 is 0 Å². The van der Waals surface area contributed by atoms with E-state index < -0.39 is 20.6 Å². The number of sulfonamides is 1. The van der Waals surface area contributed by atoms with Gasteiger partial charge in [-0.3, -0.25) is 20.3 Å². The maximum absolute atomic E-state index is 12.9. The highest BCUT2D eigenvalue weighted by atomic mass is 32.2. The molecule has 0 atom stereocenters. The number of rotatable bonds is 11. The summed E-state index contributed by atoms with van der Waals surface area (Å²) in [4.78, 5) is 10.7. The van der Waals surface area contributed by atoms with Gasteiger partial charge in [0.25, 0.3) is 15.7 Å². The minimum absolute atomic E-state index is 0.00645. The van der Waals surface area contributed by atoms with Gasteiger partial charge in [0.05, 0.1) is 49.7 Å². The van der Waals surface area contributed by atoms with E-state index in [9.17, 15) is 18.5 Å². The van der Waals surface area contributed by atoms with Crippen molar-refractivity contribution in [3.05, 3.63) is 70.3 Å². The van der Waals surface area contributed by atoms with Gasteiger partial charge in [0, 0.05) is 11.6 Å². The van der Waals surface area contributed by atoms with Gasteiger partial charge in [-0.15, -0.1) is 0 Å². The quantitative estimate of drug-likeness (QED) is 0.210. The third-order valence-corrected chi connectivity index (χ3v) is 6.62. The second kappa shape index (κ2) is 11.5. The molecule has 13 heteroatoms. The van der Waals surface area contributed by atoms with Crippen LogP contribution in [0.15, 0.2) is 64.6 Å². The zero-order valence-corrected chi connectivity index (χ0v) is 21.6. The number of para-hydroxylation sites is 2. The van der Waals surface area contributed by atoms with Crippen molar-refractivity contribution in [3.63, 3.8) is 0 Å². The third-order valence-electron chi connectivity index (χ3n) is 5.25. The van der Waals surface area contributed by atoms with Gasteiger partial charge in [-0.25, -0.2) is 8.42 Å². The topological polar surface area (TPSA) is 151 Å². The summed E-state index contributed by atoms with van der Waals surface area (Å²) >= 11 is 0. The van der Waals surface area contributed by atoms with Crippen LogP contribution in [-0.4, -0.2) is 47.5 Å². The van der Waals surface area contributed by atoms with Gasteiger partial charge in [-0.1, -0.05) is 12.1 Å². The Kier molecular flexibility index (Phi) is 8.40. The number of ether oxygens (including phenoxy) is 4. The van der Waals surface area contributed by atoms with E-state index in [-0.39, 0.29) is 16.3 Å². The lowest BCUT2D eigenvalue weighted by Crippen LogP contribution is -2.14. The average molecular weight is 531 g/mol. The predicted molar refractivity (Wildman–Crippen MR) is 139 cm³/mol. The highest BCUT2D eigenvalue weighted by Gasteiger charge is 2.23. The second-order valence-corrected chi connectivity index (χ2v) is 9.15. The number of methoxy groups -OCH3 is 4. The van der Waals surface area contributed by atoms with E-state index in [4.69, 9.17) is 18.9 Å². The average Bonchev–Trinajstić information content (AvgIpc) is 2.90. The number of nitrogens with one attached hydrogen (secondary N) is 2. The minimum atomic E-state index is -4.15. The molecule has 196 valence electrons. The Labute approximate surface area is 214 Å². The molecule has 3 aromatic rings. The van der Waals surface area contributed by atoms with E-state index in [1.807, 2.05) is 0 Å². The van der Waals surface area contributed by atoms with Crippen molar-refractivity contribution in [3.8, 4) is 23.0 Å².